The molecule has 3 N–H and O–H groups in total. The average Bonchev–Trinajstić information content (AvgIpc) is 2.25. The summed E-state index contributed by atoms with van der Waals surface area (Å²) in [6, 6.07) is 0. The minimum absolute atomic E-state index is 0.661. The van der Waals surface area contributed by atoms with Gasteiger partial charge < -0.3 is 11.1 Å². The van der Waals surface area contributed by atoms with Gasteiger partial charge in [-0.2, -0.15) is 0 Å². The summed E-state index contributed by atoms with van der Waals surface area (Å²) < 4.78 is 0. The second kappa shape index (κ2) is 8.30. The first kappa shape index (κ1) is 14.0. The Labute approximate surface area is 93.9 Å². The minimum atomic E-state index is 0.661. The van der Waals surface area contributed by atoms with Crippen molar-refractivity contribution < 1.29 is 0 Å². The predicted octanol–water partition coefficient (Wildman–Crippen LogP) is 3.09. The summed E-state index contributed by atoms with van der Waals surface area (Å²) in [5.74, 6) is 0. The van der Waals surface area contributed by atoms with Gasteiger partial charge in [0.15, 0.2) is 0 Å². The van der Waals surface area contributed by atoms with Gasteiger partial charge in [0.25, 0.3) is 0 Å². The van der Waals surface area contributed by atoms with Gasteiger partial charge in [-0.3, -0.25) is 0 Å². The zero-order valence-corrected chi connectivity index (χ0v) is 10.3. The molecular weight excluding hydrogens is 184 g/mol. The molecule has 0 aliphatic heterocycles. The molecule has 0 amide bonds. The van der Waals surface area contributed by atoms with Crippen LogP contribution in [0.3, 0.4) is 0 Å². The summed E-state index contributed by atoms with van der Waals surface area (Å²) in [5.41, 5.74) is 9.06. The number of nitrogens with one attached hydrogen (secondary N) is 1. The Morgan fingerprint density at radius 1 is 1.53 bits per heavy atom. The summed E-state index contributed by atoms with van der Waals surface area (Å²) in [4.78, 5) is 0. The minimum Gasteiger partial charge on any atom is -0.363 e. The number of nitrogens with two attached hydrogens (primary N) is 1. The van der Waals surface area contributed by atoms with Crippen molar-refractivity contribution in [1.82, 2.24) is 5.32 Å². The second-order valence-electron chi connectivity index (χ2n) is 3.37. The van der Waals surface area contributed by atoms with E-state index in [9.17, 15) is 0 Å². The molecule has 0 aromatic heterocycles. The van der Waals surface area contributed by atoms with Crippen LogP contribution in [0.25, 0.3) is 0 Å². The zero-order chi connectivity index (χ0) is 11.7. The van der Waals surface area contributed by atoms with Crippen molar-refractivity contribution in [3.8, 4) is 0 Å². The molecule has 0 aromatic rings. The standard InChI is InChI=1S/C11H18N2.C2H6/c1-9-5-3-4-6-11(9)13-10(2)7-8-12;1-2/h3,5,13H,2,4,6-8,12H2,1H3;1-2H3. The van der Waals surface area contributed by atoms with Gasteiger partial charge >= 0.3 is 0 Å². The third-order valence-electron chi connectivity index (χ3n) is 2.18. The van der Waals surface area contributed by atoms with Crippen LogP contribution in [0.1, 0.15) is 40.0 Å². The molecule has 1 aliphatic rings. The van der Waals surface area contributed by atoms with Crippen molar-refractivity contribution in [1.29, 1.82) is 0 Å². The van der Waals surface area contributed by atoms with Crippen LogP contribution in [-0.4, -0.2) is 6.54 Å². The lowest BCUT2D eigenvalue weighted by atomic mass is 10.0. The first-order chi connectivity index (χ1) is 7.24. The maximum atomic E-state index is 5.44. The van der Waals surface area contributed by atoms with Crippen LogP contribution < -0.4 is 11.1 Å². The van der Waals surface area contributed by atoms with Gasteiger partial charge in [0, 0.05) is 11.4 Å². The van der Waals surface area contributed by atoms with E-state index in [0.717, 1.165) is 25.0 Å². The molecule has 86 valence electrons. The second-order valence-corrected chi connectivity index (χ2v) is 3.37. The summed E-state index contributed by atoms with van der Waals surface area (Å²) in [6.45, 7) is 10.7. The summed E-state index contributed by atoms with van der Waals surface area (Å²) >= 11 is 0. The third-order valence-corrected chi connectivity index (χ3v) is 2.18. The molecule has 1 rings (SSSR count). The van der Waals surface area contributed by atoms with Crippen LogP contribution in [-0.2, 0) is 0 Å². The average molecular weight is 208 g/mol. The molecule has 0 aromatic carbocycles. The molecule has 0 unspecified atom stereocenters. The van der Waals surface area contributed by atoms with E-state index in [4.69, 9.17) is 5.73 Å². The van der Waals surface area contributed by atoms with Crippen LogP contribution in [0, 0.1) is 0 Å². The lowest BCUT2D eigenvalue weighted by Gasteiger charge is -2.16. The van der Waals surface area contributed by atoms with Crippen molar-refractivity contribution >= 4 is 0 Å². The normalized spacial score (nSPS) is 14.4. The Bertz CT molecular complexity index is 249. The Balaban J connectivity index is 0.000000921. The lowest BCUT2D eigenvalue weighted by molar-refractivity contribution is 0.778. The van der Waals surface area contributed by atoms with Crippen molar-refractivity contribution in [3.05, 3.63) is 35.7 Å². The fourth-order valence-electron chi connectivity index (χ4n) is 1.40. The molecule has 0 saturated heterocycles. The molecule has 1 aliphatic carbocycles. The monoisotopic (exact) mass is 208 g/mol. The molecule has 0 spiro atoms. The van der Waals surface area contributed by atoms with Crippen molar-refractivity contribution in [3.63, 3.8) is 0 Å². The molecule has 2 nitrogen and oxygen atoms in total. The highest BCUT2D eigenvalue weighted by Crippen LogP contribution is 2.17. The summed E-state index contributed by atoms with van der Waals surface area (Å²) in [5, 5.41) is 3.32. The Kier molecular flexibility index (Phi) is 7.74. The van der Waals surface area contributed by atoms with E-state index in [2.05, 4.69) is 31.0 Å². The highest BCUT2D eigenvalue weighted by molar-refractivity contribution is 5.28. The van der Waals surface area contributed by atoms with E-state index >= 15 is 0 Å². The smallest absolute Gasteiger partial charge is 0.0181 e. The highest BCUT2D eigenvalue weighted by Gasteiger charge is 2.04. The van der Waals surface area contributed by atoms with Gasteiger partial charge in [-0.15, -0.1) is 0 Å². The first-order valence-electron chi connectivity index (χ1n) is 5.75. The number of allylic oxidation sites excluding steroid dienone is 4. The van der Waals surface area contributed by atoms with E-state index in [1.165, 1.54) is 11.3 Å². The first-order valence-corrected chi connectivity index (χ1v) is 5.75. The molecule has 0 saturated carbocycles. The Hall–Kier alpha value is -1.02. The van der Waals surface area contributed by atoms with Gasteiger partial charge in [-0.25, -0.2) is 0 Å². The topological polar surface area (TPSA) is 38.0 Å². The van der Waals surface area contributed by atoms with Crippen molar-refractivity contribution in [2.45, 2.75) is 40.0 Å². The van der Waals surface area contributed by atoms with Crippen molar-refractivity contribution in [2.24, 2.45) is 5.73 Å². The van der Waals surface area contributed by atoms with Gasteiger partial charge in [-0.05, 0) is 38.3 Å². The molecule has 0 atom stereocenters. The maximum absolute atomic E-state index is 5.44. The molecule has 15 heavy (non-hydrogen) atoms. The predicted molar refractivity (Wildman–Crippen MR) is 68.4 cm³/mol. The van der Waals surface area contributed by atoms with Crippen molar-refractivity contribution in [2.75, 3.05) is 6.54 Å². The number of rotatable bonds is 4. The van der Waals surface area contributed by atoms with Crippen LogP contribution in [0.5, 0.6) is 0 Å². The van der Waals surface area contributed by atoms with E-state index in [1.807, 2.05) is 13.8 Å². The summed E-state index contributed by atoms with van der Waals surface area (Å²) in [7, 11) is 0. The van der Waals surface area contributed by atoms with Gasteiger partial charge in [0.2, 0.25) is 0 Å². The zero-order valence-electron chi connectivity index (χ0n) is 10.3. The quantitative estimate of drug-likeness (QED) is 0.745. The fourth-order valence-corrected chi connectivity index (χ4v) is 1.40. The molecular formula is C13H24N2. The fraction of sp³-hybridized carbons (Fsp3) is 0.538. The lowest BCUT2D eigenvalue weighted by Crippen LogP contribution is -2.17. The molecule has 0 heterocycles. The molecule has 0 bridgehead atoms. The molecule has 0 fully saturated rings. The number of hydrogen-bond donors (Lipinski definition) is 2. The Morgan fingerprint density at radius 3 is 2.73 bits per heavy atom. The van der Waals surface area contributed by atoms with Gasteiger partial charge in [0.1, 0.15) is 0 Å². The van der Waals surface area contributed by atoms with Gasteiger partial charge in [0.05, 0.1) is 0 Å². The van der Waals surface area contributed by atoms with Crippen LogP contribution in [0.4, 0.5) is 0 Å². The van der Waals surface area contributed by atoms with Crippen LogP contribution in [0.15, 0.2) is 35.7 Å². The van der Waals surface area contributed by atoms with E-state index in [-0.39, 0.29) is 0 Å². The van der Waals surface area contributed by atoms with E-state index in [0.29, 0.717) is 6.54 Å². The van der Waals surface area contributed by atoms with Gasteiger partial charge in [-0.1, -0.05) is 32.6 Å². The van der Waals surface area contributed by atoms with Crippen LogP contribution in [0.2, 0.25) is 0 Å². The van der Waals surface area contributed by atoms with E-state index < -0.39 is 0 Å². The summed E-state index contributed by atoms with van der Waals surface area (Å²) in [6.07, 6.45) is 7.41. The number of hydrogen-bond acceptors (Lipinski definition) is 2. The SMILES string of the molecule is C=C(CCN)NC1=C(C)C=CCC1.CC. The molecule has 2 heteroatoms. The third kappa shape index (κ3) is 5.43. The maximum Gasteiger partial charge on any atom is 0.0181 e. The largest absolute Gasteiger partial charge is 0.363 e. The van der Waals surface area contributed by atoms with Crippen LogP contribution >= 0.6 is 0 Å². The highest BCUT2D eigenvalue weighted by atomic mass is 14.9. The Morgan fingerprint density at radius 2 is 2.20 bits per heavy atom. The molecule has 0 radical (unpaired) electrons. The van der Waals surface area contributed by atoms with E-state index in [1.54, 1.807) is 0 Å².